The van der Waals surface area contributed by atoms with Crippen molar-refractivity contribution in [1.29, 1.82) is 5.41 Å². The number of rotatable bonds is 7. The van der Waals surface area contributed by atoms with Crippen molar-refractivity contribution >= 4 is 17.2 Å². The summed E-state index contributed by atoms with van der Waals surface area (Å²) in [5, 5.41) is 10.5. The third-order valence-electron chi connectivity index (χ3n) is 2.35. The molecule has 0 fully saturated rings. The van der Waals surface area contributed by atoms with E-state index in [2.05, 4.69) is 29.1 Å². The van der Waals surface area contributed by atoms with Gasteiger partial charge in [-0.25, -0.2) is 4.98 Å². The lowest BCUT2D eigenvalue weighted by Gasteiger charge is -2.22. The predicted octanol–water partition coefficient (Wildman–Crippen LogP) is 2.24. The first-order valence-corrected chi connectivity index (χ1v) is 6.81. The van der Waals surface area contributed by atoms with E-state index in [4.69, 9.17) is 11.1 Å². The van der Waals surface area contributed by atoms with E-state index in [1.165, 1.54) is 0 Å². The molecule has 17 heavy (non-hydrogen) atoms. The summed E-state index contributed by atoms with van der Waals surface area (Å²) < 4.78 is 0. The van der Waals surface area contributed by atoms with Gasteiger partial charge in [0.05, 0.1) is 12.4 Å². The molecule has 0 aromatic carbocycles. The third-order valence-corrected chi connectivity index (χ3v) is 3.30. The lowest BCUT2D eigenvalue weighted by atomic mass is 10.2. The van der Waals surface area contributed by atoms with Crippen LogP contribution in [0.2, 0.25) is 0 Å². The summed E-state index contributed by atoms with van der Waals surface area (Å²) in [5.41, 5.74) is 6.50. The molecule has 0 aliphatic rings. The lowest BCUT2D eigenvalue weighted by molar-refractivity contribution is 0.242. The van der Waals surface area contributed by atoms with E-state index in [-0.39, 0.29) is 5.84 Å². The van der Waals surface area contributed by atoms with Gasteiger partial charge in [-0.1, -0.05) is 13.8 Å². The zero-order chi connectivity index (χ0) is 12.8. The standard InChI is InChI=1S/C12H22N4S/c1-9(2)6-16(5-4-11(13)14)7-12-15-10(3)8-17-12/h8-9H,4-7H2,1-3H3,(H3,13,14). The molecule has 1 rings (SSSR count). The molecule has 0 radical (unpaired) electrons. The zero-order valence-corrected chi connectivity index (χ0v) is 11.7. The number of aromatic nitrogens is 1. The van der Waals surface area contributed by atoms with Crippen molar-refractivity contribution in [3.8, 4) is 0 Å². The second-order valence-electron chi connectivity index (χ2n) is 4.79. The average Bonchev–Trinajstić information content (AvgIpc) is 2.59. The number of nitrogens with zero attached hydrogens (tertiary/aromatic N) is 2. The molecule has 0 bridgehead atoms. The van der Waals surface area contributed by atoms with Crippen molar-refractivity contribution in [1.82, 2.24) is 9.88 Å². The monoisotopic (exact) mass is 254 g/mol. The van der Waals surface area contributed by atoms with E-state index in [1.54, 1.807) is 11.3 Å². The highest BCUT2D eigenvalue weighted by molar-refractivity contribution is 7.09. The van der Waals surface area contributed by atoms with Crippen LogP contribution in [-0.2, 0) is 6.54 Å². The minimum absolute atomic E-state index is 0.258. The quantitative estimate of drug-likeness (QED) is 0.579. The molecule has 1 aromatic heterocycles. The fourth-order valence-electron chi connectivity index (χ4n) is 1.70. The van der Waals surface area contributed by atoms with Gasteiger partial charge in [0.25, 0.3) is 0 Å². The fourth-order valence-corrected chi connectivity index (χ4v) is 2.51. The van der Waals surface area contributed by atoms with Crippen molar-refractivity contribution in [2.75, 3.05) is 13.1 Å². The predicted molar refractivity (Wildman–Crippen MR) is 73.5 cm³/mol. The number of thiazole rings is 1. The Labute approximate surface area is 107 Å². The van der Waals surface area contributed by atoms with Crippen LogP contribution in [0.5, 0.6) is 0 Å². The van der Waals surface area contributed by atoms with Crippen LogP contribution in [0, 0.1) is 18.3 Å². The Morgan fingerprint density at radius 1 is 1.59 bits per heavy atom. The van der Waals surface area contributed by atoms with Crippen LogP contribution in [0.25, 0.3) is 0 Å². The molecule has 0 saturated carbocycles. The molecule has 0 atom stereocenters. The van der Waals surface area contributed by atoms with Crippen molar-refractivity contribution in [3.05, 3.63) is 16.1 Å². The molecule has 1 aromatic rings. The number of aryl methyl sites for hydroxylation is 1. The minimum Gasteiger partial charge on any atom is -0.388 e. The van der Waals surface area contributed by atoms with Crippen molar-refractivity contribution in [3.63, 3.8) is 0 Å². The first kappa shape index (κ1) is 14.1. The Hall–Kier alpha value is -0.940. The topological polar surface area (TPSA) is 66.0 Å². The first-order valence-electron chi connectivity index (χ1n) is 5.93. The van der Waals surface area contributed by atoms with E-state index in [0.29, 0.717) is 12.3 Å². The summed E-state index contributed by atoms with van der Waals surface area (Å²) in [7, 11) is 0. The van der Waals surface area contributed by atoms with Crippen molar-refractivity contribution < 1.29 is 0 Å². The largest absolute Gasteiger partial charge is 0.388 e. The highest BCUT2D eigenvalue weighted by Crippen LogP contribution is 2.13. The lowest BCUT2D eigenvalue weighted by Crippen LogP contribution is -2.30. The molecule has 3 N–H and O–H groups in total. The average molecular weight is 254 g/mol. The SMILES string of the molecule is Cc1csc(CN(CCC(=N)N)CC(C)C)n1. The molecule has 5 heteroatoms. The van der Waals surface area contributed by atoms with Gasteiger partial charge in [0, 0.05) is 30.6 Å². The van der Waals surface area contributed by atoms with Gasteiger partial charge in [0.15, 0.2) is 0 Å². The molecular weight excluding hydrogens is 232 g/mol. The Bertz CT molecular complexity index is 359. The number of nitrogens with one attached hydrogen (secondary N) is 1. The van der Waals surface area contributed by atoms with Crippen LogP contribution >= 0.6 is 11.3 Å². The van der Waals surface area contributed by atoms with E-state index >= 15 is 0 Å². The smallest absolute Gasteiger partial charge is 0.107 e. The maximum Gasteiger partial charge on any atom is 0.107 e. The molecule has 96 valence electrons. The molecule has 0 aliphatic carbocycles. The minimum atomic E-state index is 0.258. The normalized spacial score (nSPS) is 11.4. The van der Waals surface area contributed by atoms with E-state index < -0.39 is 0 Å². The Kier molecular flexibility index (Phi) is 5.58. The molecule has 4 nitrogen and oxygen atoms in total. The summed E-state index contributed by atoms with van der Waals surface area (Å²) in [4.78, 5) is 6.80. The van der Waals surface area contributed by atoms with Crippen LogP contribution in [-0.4, -0.2) is 28.8 Å². The van der Waals surface area contributed by atoms with Crippen LogP contribution in [0.3, 0.4) is 0 Å². The zero-order valence-electron chi connectivity index (χ0n) is 10.9. The van der Waals surface area contributed by atoms with Gasteiger partial charge in [0.1, 0.15) is 5.01 Å². The Balaban J connectivity index is 2.53. The molecule has 0 spiro atoms. The van der Waals surface area contributed by atoms with Gasteiger partial charge < -0.3 is 5.73 Å². The number of hydrogen-bond donors (Lipinski definition) is 2. The molecule has 1 heterocycles. The van der Waals surface area contributed by atoms with Gasteiger partial charge in [-0.15, -0.1) is 11.3 Å². The Morgan fingerprint density at radius 3 is 2.76 bits per heavy atom. The highest BCUT2D eigenvalue weighted by atomic mass is 32.1. The highest BCUT2D eigenvalue weighted by Gasteiger charge is 2.10. The van der Waals surface area contributed by atoms with Crippen LogP contribution in [0.4, 0.5) is 0 Å². The maximum absolute atomic E-state index is 7.29. The van der Waals surface area contributed by atoms with E-state index in [9.17, 15) is 0 Å². The van der Waals surface area contributed by atoms with Gasteiger partial charge in [0.2, 0.25) is 0 Å². The van der Waals surface area contributed by atoms with E-state index in [0.717, 1.165) is 30.3 Å². The van der Waals surface area contributed by atoms with Crippen molar-refractivity contribution in [2.24, 2.45) is 11.7 Å². The molecule has 0 saturated heterocycles. The van der Waals surface area contributed by atoms with Gasteiger partial charge in [-0.2, -0.15) is 0 Å². The third kappa shape index (κ3) is 5.79. The second-order valence-corrected chi connectivity index (χ2v) is 5.73. The summed E-state index contributed by atoms with van der Waals surface area (Å²) in [6.45, 7) is 9.14. The van der Waals surface area contributed by atoms with Crippen LogP contribution < -0.4 is 5.73 Å². The molecular formula is C12H22N4S. The summed E-state index contributed by atoms with van der Waals surface area (Å²) in [6, 6.07) is 0. The number of nitrogens with two attached hydrogens (primary N) is 1. The first-order chi connectivity index (χ1) is 7.97. The van der Waals surface area contributed by atoms with Crippen LogP contribution in [0.1, 0.15) is 31.0 Å². The van der Waals surface area contributed by atoms with Gasteiger partial charge >= 0.3 is 0 Å². The summed E-state index contributed by atoms with van der Waals surface area (Å²) in [6.07, 6.45) is 0.636. The van der Waals surface area contributed by atoms with E-state index in [1.807, 2.05) is 6.92 Å². The fraction of sp³-hybridized carbons (Fsp3) is 0.667. The molecule has 0 unspecified atom stereocenters. The number of hydrogen-bond acceptors (Lipinski definition) is 4. The molecule has 0 amide bonds. The molecule has 0 aliphatic heterocycles. The maximum atomic E-state index is 7.29. The van der Waals surface area contributed by atoms with Gasteiger partial charge in [-0.05, 0) is 12.8 Å². The summed E-state index contributed by atoms with van der Waals surface area (Å²) in [5.74, 6) is 0.872. The Morgan fingerprint density at radius 2 is 2.29 bits per heavy atom. The van der Waals surface area contributed by atoms with Crippen molar-refractivity contribution in [2.45, 2.75) is 33.7 Å². The summed E-state index contributed by atoms with van der Waals surface area (Å²) >= 11 is 1.70. The van der Waals surface area contributed by atoms with Gasteiger partial charge in [-0.3, -0.25) is 10.3 Å². The number of amidine groups is 1. The van der Waals surface area contributed by atoms with Crippen LogP contribution in [0.15, 0.2) is 5.38 Å². The second kappa shape index (κ2) is 6.71.